The number of fused-ring (bicyclic) bond motifs is 4. The number of benzene rings is 3. The standard InChI is InChI=1S/C35H37BF2O5/c1-21-14-24-15-29-34(24,2)20-35(29,3)43-36(42-21)27-16-25(27)26-17-28(37)31(38)30(32(26)40-18-22-10-6-4-7-11-22)33(39)41-19-23-12-8-5-9-13-23/h4-13,17,21,24-25,27,29H,14-16,18-20H2,1-3H3. The molecule has 5 fully saturated rings. The van der Waals surface area contributed by atoms with Crippen molar-refractivity contribution in [1.82, 2.24) is 0 Å². The van der Waals surface area contributed by atoms with Crippen LogP contribution in [-0.2, 0) is 27.3 Å². The molecule has 224 valence electrons. The lowest BCUT2D eigenvalue weighted by atomic mass is 9.36. The molecule has 7 atom stereocenters. The van der Waals surface area contributed by atoms with Crippen molar-refractivity contribution < 1.29 is 32.4 Å². The number of halogens is 2. The summed E-state index contributed by atoms with van der Waals surface area (Å²) in [7, 11) is -0.475. The maximum absolute atomic E-state index is 15.5. The lowest BCUT2D eigenvalue weighted by Crippen LogP contribution is -2.70. The van der Waals surface area contributed by atoms with E-state index in [1.165, 1.54) is 6.07 Å². The molecule has 5 nitrogen and oxygen atoms in total. The molecule has 0 aromatic heterocycles. The molecule has 5 aliphatic rings. The van der Waals surface area contributed by atoms with Gasteiger partial charge in [0.05, 0.1) is 5.60 Å². The van der Waals surface area contributed by atoms with Crippen LogP contribution in [0.2, 0.25) is 5.82 Å². The summed E-state index contributed by atoms with van der Waals surface area (Å²) < 4.78 is 55.6. The fourth-order valence-corrected chi connectivity index (χ4v) is 8.21. The average Bonchev–Trinajstić information content (AvgIpc) is 3.78. The fraction of sp³-hybridized carbons (Fsp3) is 0.457. The lowest BCUT2D eigenvalue weighted by Gasteiger charge is -2.71. The largest absolute Gasteiger partial charge is 0.488 e. The van der Waals surface area contributed by atoms with Crippen molar-refractivity contribution in [3.8, 4) is 5.75 Å². The average molecular weight is 586 g/mol. The Kier molecular flexibility index (Phi) is 7.13. The highest BCUT2D eigenvalue weighted by atomic mass is 19.2. The number of rotatable bonds is 8. The Morgan fingerprint density at radius 3 is 2.30 bits per heavy atom. The van der Waals surface area contributed by atoms with Gasteiger partial charge in [0, 0.05) is 17.5 Å². The molecule has 4 bridgehead atoms. The van der Waals surface area contributed by atoms with E-state index < -0.39 is 30.3 Å². The summed E-state index contributed by atoms with van der Waals surface area (Å²) in [6.45, 7) is 6.67. The van der Waals surface area contributed by atoms with Crippen molar-refractivity contribution in [3.05, 3.63) is 101 Å². The van der Waals surface area contributed by atoms with E-state index in [0.29, 0.717) is 29.2 Å². The first-order chi connectivity index (χ1) is 20.7. The van der Waals surface area contributed by atoms with Gasteiger partial charge in [-0.05, 0) is 79.9 Å². The number of ether oxygens (including phenoxy) is 2. The number of carbonyl (C=O) groups is 1. The van der Waals surface area contributed by atoms with Gasteiger partial charge in [-0.25, -0.2) is 13.6 Å². The van der Waals surface area contributed by atoms with Gasteiger partial charge in [0.25, 0.3) is 0 Å². The number of carbonyl (C=O) groups excluding carboxylic acids is 1. The Morgan fingerprint density at radius 2 is 1.65 bits per heavy atom. The van der Waals surface area contributed by atoms with Crippen LogP contribution in [0.25, 0.3) is 0 Å². The third-order valence-electron chi connectivity index (χ3n) is 10.5. The van der Waals surface area contributed by atoms with Crippen molar-refractivity contribution in [3.63, 3.8) is 0 Å². The first kappa shape index (κ1) is 28.5. The van der Waals surface area contributed by atoms with E-state index in [1.54, 1.807) is 12.1 Å². The van der Waals surface area contributed by atoms with E-state index in [4.69, 9.17) is 18.8 Å². The van der Waals surface area contributed by atoms with E-state index in [2.05, 4.69) is 20.8 Å². The van der Waals surface area contributed by atoms with Crippen LogP contribution in [0.15, 0.2) is 66.7 Å². The van der Waals surface area contributed by atoms with Crippen molar-refractivity contribution in [1.29, 1.82) is 0 Å². The summed E-state index contributed by atoms with van der Waals surface area (Å²) in [4.78, 5) is 13.4. The normalized spacial score (nSPS) is 32.4. The maximum atomic E-state index is 15.5. The summed E-state index contributed by atoms with van der Waals surface area (Å²) in [6.07, 6.45) is 3.85. The zero-order valence-corrected chi connectivity index (χ0v) is 24.9. The predicted molar refractivity (Wildman–Crippen MR) is 159 cm³/mol. The van der Waals surface area contributed by atoms with Crippen LogP contribution in [0.3, 0.4) is 0 Å². The van der Waals surface area contributed by atoms with E-state index >= 15 is 8.78 Å². The van der Waals surface area contributed by atoms with Crippen molar-refractivity contribution in [2.75, 3.05) is 0 Å². The second-order valence-electron chi connectivity index (χ2n) is 13.5. The molecule has 7 unspecified atom stereocenters. The number of hydrogen-bond donors (Lipinski definition) is 0. The summed E-state index contributed by atoms with van der Waals surface area (Å²) in [6, 6.07) is 19.7. The summed E-state index contributed by atoms with van der Waals surface area (Å²) >= 11 is 0. The van der Waals surface area contributed by atoms with Gasteiger partial charge in [-0.1, -0.05) is 67.6 Å². The first-order valence-corrected chi connectivity index (χ1v) is 15.4. The quantitative estimate of drug-likeness (QED) is 0.199. The molecular weight excluding hydrogens is 549 g/mol. The van der Waals surface area contributed by atoms with Crippen molar-refractivity contribution >= 4 is 13.1 Å². The third-order valence-corrected chi connectivity index (χ3v) is 10.5. The summed E-state index contributed by atoms with van der Waals surface area (Å²) in [5.41, 5.74) is 1.58. The van der Waals surface area contributed by atoms with Crippen molar-refractivity contribution in [2.45, 2.75) is 83.1 Å². The highest BCUT2D eigenvalue weighted by Crippen LogP contribution is 2.72. The molecule has 0 amide bonds. The predicted octanol–water partition coefficient (Wildman–Crippen LogP) is 7.88. The molecule has 3 aliphatic carbocycles. The zero-order chi connectivity index (χ0) is 29.9. The molecule has 3 saturated carbocycles. The van der Waals surface area contributed by atoms with Gasteiger partial charge >= 0.3 is 13.1 Å². The molecular formula is C35H37BF2O5. The molecule has 2 saturated heterocycles. The highest BCUT2D eigenvalue weighted by Gasteiger charge is 2.71. The second-order valence-corrected chi connectivity index (χ2v) is 13.5. The van der Waals surface area contributed by atoms with E-state index in [-0.39, 0.29) is 42.4 Å². The lowest BCUT2D eigenvalue weighted by molar-refractivity contribution is -0.257. The Morgan fingerprint density at radius 1 is 0.977 bits per heavy atom. The molecule has 3 aromatic rings. The van der Waals surface area contributed by atoms with Gasteiger partial charge in [-0.3, -0.25) is 0 Å². The molecule has 8 rings (SSSR count). The van der Waals surface area contributed by atoms with Crippen LogP contribution < -0.4 is 4.74 Å². The minimum Gasteiger partial charge on any atom is -0.488 e. The Hall–Kier alpha value is -3.23. The first-order valence-electron chi connectivity index (χ1n) is 15.4. The van der Waals surface area contributed by atoms with E-state index in [0.717, 1.165) is 30.4 Å². The Balaban J connectivity index is 1.19. The Bertz CT molecular complexity index is 1520. The zero-order valence-electron chi connectivity index (χ0n) is 24.9. The van der Waals surface area contributed by atoms with Crippen LogP contribution >= 0.6 is 0 Å². The number of esters is 1. The van der Waals surface area contributed by atoms with Gasteiger partial charge in [-0.15, -0.1) is 0 Å². The Labute approximate surface area is 252 Å². The summed E-state index contributed by atoms with van der Waals surface area (Å²) in [5.74, 6) is -2.45. The van der Waals surface area contributed by atoms with E-state index in [9.17, 15) is 4.79 Å². The topological polar surface area (TPSA) is 54.0 Å². The van der Waals surface area contributed by atoms with Crippen LogP contribution in [0.4, 0.5) is 8.78 Å². The van der Waals surface area contributed by atoms with Gasteiger partial charge in [0.1, 0.15) is 24.5 Å². The fourth-order valence-electron chi connectivity index (χ4n) is 8.21. The molecule has 3 aromatic carbocycles. The molecule has 8 heteroatoms. The third kappa shape index (κ3) is 5.06. The van der Waals surface area contributed by atoms with Gasteiger partial charge in [0.15, 0.2) is 11.6 Å². The molecule has 0 spiro atoms. The minimum absolute atomic E-state index is 0.0223. The van der Waals surface area contributed by atoms with Crippen LogP contribution in [0.1, 0.15) is 79.4 Å². The van der Waals surface area contributed by atoms with E-state index in [1.807, 2.05) is 48.5 Å². The maximum Gasteiger partial charge on any atom is 0.461 e. The SMILES string of the molecule is CC1CC2CC3C(C)(CC23C)OB(C2CC2c2cc(F)c(F)c(C(=O)OCc3ccccc3)c2OCc2ccccc2)O1. The van der Waals surface area contributed by atoms with Gasteiger partial charge < -0.3 is 18.8 Å². The minimum atomic E-state index is -1.27. The highest BCUT2D eigenvalue weighted by molar-refractivity contribution is 6.48. The summed E-state index contributed by atoms with van der Waals surface area (Å²) in [5, 5.41) is 0. The van der Waals surface area contributed by atoms with Gasteiger partial charge in [0.2, 0.25) is 0 Å². The van der Waals surface area contributed by atoms with Crippen LogP contribution in [-0.4, -0.2) is 24.8 Å². The molecule has 43 heavy (non-hydrogen) atoms. The molecule has 0 N–H and O–H groups in total. The van der Waals surface area contributed by atoms with Crippen molar-refractivity contribution in [2.24, 2.45) is 17.3 Å². The van der Waals surface area contributed by atoms with Crippen LogP contribution in [0.5, 0.6) is 5.75 Å². The molecule has 0 radical (unpaired) electrons. The molecule has 2 aliphatic heterocycles. The number of hydrogen-bond acceptors (Lipinski definition) is 5. The molecule has 2 heterocycles. The second kappa shape index (κ2) is 10.7. The smallest absolute Gasteiger partial charge is 0.461 e. The van der Waals surface area contributed by atoms with Crippen LogP contribution in [0, 0.1) is 28.9 Å². The monoisotopic (exact) mass is 586 g/mol. The van der Waals surface area contributed by atoms with Gasteiger partial charge in [-0.2, -0.15) is 0 Å².